The summed E-state index contributed by atoms with van der Waals surface area (Å²) in [6, 6.07) is 15.8. The molecule has 0 saturated carbocycles. The Balaban J connectivity index is 1.42. The van der Waals surface area contributed by atoms with Crippen LogP contribution in [0.15, 0.2) is 53.1 Å². The first kappa shape index (κ1) is 17.5. The van der Waals surface area contributed by atoms with Gasteiger partial charge in [-0.2, -0.15) is 4.98 Å². The molecule has 5 nitrogen and oxygen atoms in total. The van der Waals surface area contributed by atoms with Gasteiger partial charge in [-0.1, -0.05) is 53.2 Å². The fourth-order valence-corrected chi connectivity index (χ4v) is 3.66. The molecule has 0 spiro atoms. The van der Waals surface area contributed by atoms with Crippen LogP contribution in [-0.2, 0) is 0 Å². The van der Waals surface area contributed by atoms with Gasteiger partial charge >= 0.3 is 0 Å². The maximum Gasteiger partial charge on any atom is 0.254 e. The third kappa shape index (κ3) is 3.63. The summed E-state index contributed by atoms with van der Waals surface area (Å²) in [6.07, 6.45) is 1.68. The van der Waals surface area contributed by atoms with Crippen LogP contribution in [0, 0.1) is 13.8 Å². The molecule has 1 aliphatic rings. The van der Waals surface area contributed by atoms with Gasteiger partial charge in [0.05, 0.1) is 0 Å². The van der Waals surface area contributed by atoms with Crippen LogP contribution < -0.4 is 0 Å². The lowest BCUT2D eigenvalue weighted by molar-refractivity contribution is 0.0704. The number of hydrogen-bond donors (Lipinski definition) is 0. The molecule has 5 heteroatoms. The summed E-state index contributed by atoms with van der Waals surface area (Å²) in [7, 11) is 0. The van der Waals surface area contributed by atoms with Crippen LogP contribution in [0.5, 0.6) is 0 Å². The van der Waals surface area contributed by atoms with Gasteiger partial charge in [-0.15, -0.1) is 0 Å². The van der Waals surface area contributed by atoms with E-state index in [0.717, 1.165) is 29.5 Å². The van der Waals surface area contributed by atoms with Gasteiger partial charge in [0.2, 0.25) is 11.7 Å². The molecule has 4 rings (SSSR count). The molecule has 0 N–H and O–H groups in total. The monoisotopic (exact) mass is 361 g/mol. The highest BCUT2D eigenvalue weighted by Gasteiger charge is 2.28. The molecule has 0 atom stereocenters. The van der Waals surface area contributed by atoms with E-state index in [1.165, 1.54) is 5.56 Å². The molecule has 2 aromatic carbocycles. The van der Waals surface area contributed by atoms with E-state index in [4.69, 9.17) is 4.52 Å². The Morgan fingerprint density at radius 1 is 1.07 bits per heavy atom. The average molecular weight is 361 g/mol. The normalized spacial score (nSPS) is 15.1. The van der Waals surface area contributed by atoms with Crippen molar-refractivity contribution in [2.45, 2.75) is 32.6 Å². The largest absolute Gasteiger partial charge is 0.339 e. The van der Waals surface area contributed by atoms with E-state index in [9.17, 15) is 4.79 Å². The number of carbonyl (C=O) groups is 1. The Bertz CT molecular complexity index is 941. The molecular formula is C22H23N3O2. The van der Waals surface area contributed by atoms with Crippen molar-refractivity contribution in [3.63, 3.8) is 0 Å². The summed E-state index contributed by atoms with van der Waals surface area (Å²) in [6.45, 7) is 5.46. The predicted octanol–water partition coefficient (Wildman–Crippen LogP) is 4.37. The smallest absolute Gasteiger partial charge is 0.254 e. The molecular weight excluding hydrogens is 338 g/mol. The Labute approximate surface area is 159 Å². The van der Waals surface area contributed by atoms with Crippen LogP contribution in [0.3, 0.4) is 0 Å². The van der Waals surface area contributed by atoms with Gasteiger partial charge in [0.25, 0.3) is 5.91 Å². The summed E-state index contributed by atoms with van der Waals surface area (Å²) >= 11 is 0. The lowest BCUT2D eigenvalue weighted by Gasteiger charge is -2.30. The maximum absolute atomic E-state index is 12.8. The molecule has 1 fully saturated rings. The fourth-order valence-electron chi connectivity index (χ4n) is 3.66. The summed E-state index contributed by atoms with van der Waals surface area (Å²) in [4.78, 5) is 19.3. The van der Waals surface area contributed by atoms with Crippen molar-refractivity contribution in [1.29, 1.82) is 0 Å². The number of benzene rings is 2. The Morgan fingerprint density at radius 2 is 1.81 bits per heavy atom. The first-order valence-corrected chi connectivity index (χ1v) is 9.37. The summed E-state index contributed by atoms with van der Waals surface area (Å²) < 4.78 is 5.51. The topological polar surface area (TPSA) is 59.2 Å². The van der Waals surface area contributed by atoms with Crippen LogP contribution in [0.2, 0.25) is 0 Å². The number of aryl methyl sites for hydroxylation is 2. The van der Waals surface area contributed by atoms with E-state index >= 15 is 0 Å². The summed E-state index contributed by atoms with van der Waals surface area (Å²) in [5, 5.41) is 4.12. The first-order chi connectivity index (χ1) is 13.1. The zero-order valence-electron chi connectivity index (χ0n) is 15.7. The summed E-state index contributed by atoms with van der Waals surface area (Å²) in [5.74, 6) is 1.62. The molecule has 1 saturated heterocycles. The number of hydrogen-bond acceptors (Lipinski definition) is 4. The predicted molar refractivity (Wildman–Crippen MR) is 104 cm³/mol. The third-order valence-corrected chi connectivity index (χ3v) is 5.22. The highest BCUT2D eigenvalue weighted by Crippen LogP contribution is 2.29. The number of carbonyl (C=O) groups excluding carboxylic acids is 1. The summed E-state index contributed by atoms with van der Waals surface area (Å²) in [5.41, 5.74) is 3.96. The Hall–Kier alpha value is -2.95. The minimum absolute atomic E-state index is 0.112. The molecule has 1 aliphatic heterocycles. The number of rotatable bonds is 3. The highest BCUT2D eigenvalue weighted by atomic mass is 16.5. The molecule has 138 valence electrons. The van der Waals surface area contributed by atoms with Crippen molar-refractivity contribution in [3.05, 3.63) is 71.1 Å². The SMILES string of the molecule is Cc1ccc(C(=O)N2CCC(c3nc(-c4ccccc4)no3)CC2)c(C)c1. The van der Waals surface area contributed by atoms with E-state index in [-0.39, 0.29) is 11.8 Å². The zero-order chi connectivity index (χ0) is 18.8. The van der Waals surface area contributed by atoms with Crippen LogP contribution >= 0.6 is 0 Å². The van der Waals surface area contributed by atoms with Gasteiger partial charge in [0.15, 0.2) is 0 Å². The molecule has 3 aromatic rings. The zero-order valence-corrected chi connectivity index (χ0v) is 15.7. The quantitative estimate of drug-likeness (QED) is 0.695. The van der Waals surface area contributed by atoms with Gasteiger partial charge in [-0.3, -0.25) is 4.79 Å². The van der Waals surface area contributed by atoms with Gasteiger partial charge in [-0.25, -0.2) is 0 Å². The van der Waals surface area contributed by atoms with Gasteiger partial charge < -0.3 is 9.42 Å². The maximum atomic E-state index is 12.8. The number of likely N-dealkylation sites (tertiary alicyclic amines) is 1. The van der Waals surface area contributed by atoms with Gasteiger partial charge in [-0.05, 0) is 38.3 Å². The van der Waals surface area contributed by atoms with Crippen LogP contribution in [0.25, 0.3) is 11.4 Å². The van der Waals surface area contributed by atoms with Gasteiger partial charge in [0, 0.05) is 30.1 Å². The Kier molecular flexibility index (Phi) is 4.75. The lowest BCUT2D eigenvalue weighted by Crippen LogP contribution is -2.38. The second-order valence-corrected chi connectivity index (χ2v) is 7.21. The lowest BCUT2D eigenvalue weighted by atomic mass is 9.95. The first-order valence-electron chi connectivity index (χ1n) is 9.37. The van der Waals surface area contributed by atoms with Crippen molar-refractivity contribution >= 4 is 5.91 Å². The van der Waals surface area contributed by atoms with E-state index in [1.54, 1.807) is 0 Å². The van der Waals surface area contributed by atoms with Crippen LogP contribution in [-0.4, -0.2) is 34.0 Å². The minimum atomic E-state index is 0.112. The standard InChI is InChI=1S/C22H23N3O2/c1-15-8-9-19(16(2)14-15)22(26)25-12-10-18(11-13-25)21-23-20(24-27-21)17-6-4-3-5-7-17/h3-9,14,18H,10-13H2,1-2H3. The van der Waals surface area contributed by atoms with Crippen LogP contribution in [0.4, 0.5) is 0 Å². The van der Waals surface area contributed by atoms with E-state index in [1.807, 2.05) is 61.2 Å². The van der Waals surface area contributed by atoms with E-state index in [0.29, 0.717) is 24.8 Å². The molecule has 1 aromatic heterocycles. The number of nitrogens with zero attached hydrogens (tertiary/aromatic N) is 3. The van der Waals surface area contributed by atoms with E-state index in [2.05, 4.69) is 16.2 Å². The van der Waals surface area contributed by atoms with Crippen molar-refractivity contribution in [2.24, 2.45) is 0 Å². The molecule has 27 heavy (non-hydrogen) atoms. The molecule has 0 unspecified atom stereocenters. The number of aromatic nitrogens is 2. The highest BCUT2D eigenvalue weighted by molar-refractivity contribution is 5.95. The molecule has 0 aliphatic carbocycles. The van der Waals surface area contributed by atoms with Crippen LogP contribution in [0.1, 0.15) is 46.1 Å². The van der Waals surface area contributed by atoms with Crippen molar-refractivity contribution in [2.75, 3.05) is 13.1 Å². The molecule has 1 amide bonds. The minimum Gasteiger partial charge on any atom is -0.339 e. The van der Waals surface area contributed by atoms with Crippen molar-refractivity contribution < 1.29 is 9.32 Å². The van der Waals surface area contributed by atoms with Crippen molar-refractivity contribution in [1.82, 2.24) is 15.0 Å². The molecule has 0 radical (unpaired) electrons. The third-order valence-electron chi connectivity index (χ3n) is 5.22. The Morgan fingerprint density at radius 3 is 2.52 bits per heavy atom. The van der Waals surface area contributed by atoms with Crippen molar-refractivity contribution in [3.8, 4) is 11.4 Å². The average Bonchev–Trinajstić information content (AvgIpc) is 3.19. The molecule has 0 bridgehead atoms. The second-order valence-electron chi connectivity index (χ2n) is 7.21. The van der Waals surface area contributed by atoms with Gasteiger partial charge in [0.1, 0.15) is 0 Å². The second kappa shape index (κ2) is 7.35. The van der Waals surface area contributed by atoms with E-state index < -0.39 is 0 Å². The fraction of sp³-hybridized carbons (Fsp3) is 0.318. The number of amides is 1. The number of piperidine rings is 1. The molecule has 2 heterocycles.